The molecule has 0 aliphatic heterocycles. The van der Waals surface area contributed by atoms with Crippen LogP contribution in [-0.2, 0) is 43.2 Å². The number of carbonyl (C=O) groups excluding carboxylic acids is 6. The molecule has 0 rings (SSSR count). The molecular weight excluding hydrogens is 664 g/mol. The second kappa shape index (κ2) is 20.9. The summed E-state index contributed by atoms with van der Waals surface area (Å²) in [5.41, 5.74) is 0. The minimum absolute atomic E-state index is 0.223. The van der Waals surface area contributed by atoms with Crippen molar-refractivity contribution in [3.63, 3.8) is 0 Å². The normalized spacial score (nSPS) is 14.7. The van der Waals surface area contributed by atoms with E-state index in [9.17, 15) is 48.3 Å². The Labute approximate surface area is 282 Å². The molecule has 0 heterocycles. The molecule has 266 valence electrons. The average molecular weight is 709 g/mol. The second-order valence-corrected chi connectivity index (χ2v) is 11.9. The molecule has 0 aliphatic carbocycles. The smallest absolute Gasteiger partial charge is 0.327 e. The molecular formula is C27H44N6O12S2. The molecule has 0 radical (unpaired) electrons. The highest BCUT2D eigenvalue weighted by Crippen LogP contribution is 2.09. The molecule has 6 amide bonds. The number of nitrogens with one attached hydrogen (secondary N) is 6. The largest absolute Gasteiger partial charge is 0.481 e. The van der Waals surface area contributed by atoms with Crippen LogP contribution in [-0.4, -0.2) is 116 Å². The molecule has 0 aromatic carbocycles. The summed E-state index contributed by atoms with van der Waals surface area (Å²) in [6.07, 6.45) is -1.81. The van der Waals surface area contributed by atoms with Crippen LogP contribution in [0.5, 0.6) is 0 Å². The van der Waals surface area contributed by atoms with Crippen LogP contribution < -0.4 is 31.9 Å². The SMILES string of the molecule is CC(=O)NC(CCC(=O)O)C(=O)NC(CC(=O)O)C(=O)NC(C(=O)NC(C(=O)NC(CS)C(=O)NC(CS)C(=O)O)C(C)C)C(C)C. The highest BCUT2D eigenvalue weighted by molar-refractivity contribution is 7.80. The molecule has 20 heteroatoms. The standard InChI is InChI=1S/C27H44N6O12S2/c1-11(2)20(25(42)30-16(9-46)24(41)31-17(10-47)27(44)45)33-26(43)21(12(3)4)32-23(40)15(8-19(37)38)29-22(39)14(28-13(5)34)6-7-18(35)36/h11-12,14-17,20-21,46-47H,6-10H2,1-5H3,(H,28,34)(H,29,39)(H,30,42)(H,31,41)(H,32,40)(H,33,43)(H,35,36)(H,37,38)(H,44,45). The van der Waals surface area contributed by atoms with Crippen molar-refractivity contribution in [2.24, 2.45) is 11.8 Å². The molecule has 0 fully saturated rings. The molecule has 9 N–H and O–H groups in total. The molecule has 0 spiro atoms. The van der Waals surface area contributed by atoms with E-state index < -0.39 is 114 Å². The van der Waals surface area contributed by atoms with Gasteiger partial charge in [0.05, 0.1) is 6.42 Å². The highest BCUT2D eigenvalue weighted by Gasteiger charge is 2.35. The highest BCUT2D eigenvalue weighted by atomic mass is 32.1. The fourth-order valence-electron chi connectivity index (χ4n) is 3.92. The Hall–Kier alpha value is -4.07. The zero-order valence-corrected chi connectivity index (χ0v) is 28.4. The maximum Gasteiger partial charge on any atom is 0.327 e. The van der Waals surface area contributed by atoms with Crippen LogP contribution in [0, 0.1) is 11.8 Å². The van der Waals surface area contributed by atoms with Crippen LogP contribution in [0.3, 0.4) is 0 Å². The van der Waals surface area contributed by atoms with Gasteiger partial charge in [-0.25, -0.2) is 4.79 Å². The van der Waals surface area contributed by atoms with Crippen LogP contribution in [0.4, 0.5) is 0 Å². The lowest BCUT2D eigenvalue weighted by atomic mass is 9.99. The lowest BCUT2D eigenvalue weighted by Gasteiger charge is -2.29. The maximum atomic E-state index is 13.4. The first-order chi connectivity index (χ1) is 21.7. The quantitative estimate of drug-likeness (QED) is 0.0553. The molecule has 6 atom stereocenters. The predicted octanol–water partition coefficient (Wildman–Crippen LogP) is -2.49. The summed E-state index contributed by atoms with van der Waals surface area (Å²) in [4.78, 5) is 110. The van der Waals surface area contributed by atoms with Crippen molar-refractivity contribution < 1.29 is 58.5 Å². The molecule has 0 aliphatic rings. The fourth-order valence-corrected chi connectivity index (χ4v) is 4.42. The van der Waals surface area contributed by atoms with Crippen LogP contribution in [0.2, 0.25) is 0 Å². The van der Waals surface area contributed by atoms with E-state index in [0.29, 0.717) is 0 Å². The molecule has 0 aromatic heterocycles. The monoisotopic (exact) mass is 708 g/mol. The summed E-state index contributed by atoms with van der Waals surface area (Å²) in [5, 5.41) is 41.4. The Morgan fingerprint density at radius 3 is 1.34 bits per heavy atom. The van der Waals surface area contributed by atoms with Crippen LogP contribution in [0.25, 0.3) is 0 Å². The molecule has 18 nitrogen and oxygen atoms in total. The van der Waals surface area contributed by atoms with Crippen molar-refractivity contribution >= 4 is 78.6 Å². The van der Waals surface area contributed by atoms with Gasteiger partial charge in [-0.2, -0.15) is 25.3 Å². The van der Waals surface area contributed by atoms with Gasteiger partial charge in [-0.05, 0) is 18.3 Å². The number of carboxylic acid groups (broad SMARTS) is 3. The number of thiol groups is 2. The summed E-state index contributed by atoms with van der Waals surface area (Å²) >= 11 is 7.91. The number of carboxylic acids is 3. The molecule has 6 unspecified atom stereocenters. The molecule has 0 saturated heterocycles. The Kier molecular flexibility index (Phi) is 19.1. The Morgan fingerprint density at radius 2 is 0.936 bits per heavy atom. The van der Waals surface area contributed by atoms with Crippen molar-refractivity contribution in [2.75, 3.05) is 11.5 Å². The van der Waals surface area contributed by atoms with E-state index in [1.807, 2.05) is 0 Å². The van der Waals surface area contributed by atoms with Gasteiger partial charge >= 0.3 is 17.9 Å². The van der Waals surface area contributed by atoms with E-state index in [2.05, 4.69) is 57.2 Å². The first kappa shape index (κ1) is 42.9. The minimum Gasteiger partial charge on any atom is -0.481 e. The Balaban J connectivity index is 5.91. The van der Waals surface area contributed by atoms with Gasteiger partial charge in [-0.15, -0.1) is 0 Å². The third kappa shape index (κ3) is 15.9. The lowest BCUT2D eigenvalue weighted by molar-refractivity contribution is -0.142. The van der Waals surface area contributed by atoms with Gasteiger partial charge in [0, 0.05) is 24.9 Å². The predicted molar refractivity (Wildman–Crippen MR) is 171 cm³/mol. The third-order valence-electron chi connectivity index (χ3n) is 6.46. The summed E-state index contributed by atoms with van der Waals surface area (Å²) in [7, 11) is 0. The first-order valence-electron chi connectivity index (χ1n) is 14.4. The second-order valence-electron chi connectivity index (χ2n) is 11.1. The average Bonchev–Trinajstić information content (AvgIpc) is 2.96. The molecule has 47 heavy (non-hydrogen) atoms. The minimum atomic E-state index is -1.75. The van der Waals surface area contributed by atoms with Gasteiger partial charge in [0.15, 0.2) is 0 Å². The summed E-state index contributed by atoms with van der Waals surface area (Å²) in [6, 6.07) is -8.41. The topological polar surface area (TPSA) is 286 Å². The fraction of sp³-hybridized carbons (Fsp3) is 0.667. The van der Waals surface area contributed by atoms with Crippen molar-refractivity contribution in [3.8, 4) is 0 Å². The van der Waals surface area contributed by atoms with Crippen molar-refractivity contribution in [2.45, 2.75) is 90.1 Å². The lowest BCUT2D eigenvalue weighted by Crippen LogP contribution is -2.61. The van der Waals surface area contributed by atoms with E-state index in [0.717, 1.165) is 6.92 Å². The van der Waals surface area contributed by atoms with Gasteiger partial charge < -0.3 is 47.2 Å². The van der Waals surface area contributed by atoms with Crippen molar-refractivity contribution in [3.05, 3.63) is 0 Å². The van der Waals surface area contributed by atoms with Gasteiger partial charge in [-0.3, -0.25) is 38.4 Å². The summed E-state index contributed by atoms with van der Waals surface area (Å²) < 4.78 is 0. The Bertz CT molecular complexity index is 1180. The number of amides is 6. The van der Waals surface area contributed by atoms with E-state index in [4.69, 9.17) is 10.2 Å². The zero-order chi connectivity index (χ0) is 36.6. The first-order valence-corrected chi connectivity index (χ1v) is 15.7. The van der Waals surface area contributed by atoms with Crippen molar-refractivity contribution in [1.82, 2.24) is 31.9 Å². The van der Waals surface area contributed by atoms with E-state index in [1.54, 1.807) is 27.7 Å². The van der Waals surface area contributed by atoms with Gasteiger partial charge in [0.2, 0.25) is 35.4 Å². The van der Waals surface area contributed by atoms with Crippen LogP contribution in [0.15, 0.2) is 0 Å². The molecule has 0 bridgehead atoms. The summed E-state index contributed by atoms with van der Waals surface area (Å²) in [6.45, 7) is 7.32. The van der Waals surface area contributed by atoms with E-state index in [1.165, 1.54) is 0 Å². The van der Waals surface area contributed by atoms with Crippen LogP contribution in [0.1, 0.15) is 53.9 Å². The van der Waals surface area contributed by atoms with Gasteiger partial charge in [0.25, 0.3) is 0 Å². The molecule has 0 aromatic rings. The van der Waals surface area contributed by atoms with Gasteiger partial charge in [0.1, 0.15) is 36.3 Å². The van der Waals surface area contributed by atoms with E-state index >= 15 is 0 Å². The summed E-state index contributed by atoms with van der Waals surface area (Å²) in [5.74, 6) is -11.1. The number of hydrogen-bond acceptors (Lipinski definition) is 11. The zero-order valence-electron chi connectivity index (χ0n) is 26.6. The Morgan fingerprint density at radius 1 is 0.532 bits per heavy atom. The maximum absolute atomic E-state index is 13.4. The van der Waals surface area contributed by atoms with Crippen LogP contribution >= 0.6 is 25.3 Å². The van der Waals surface area contributed by atoms with E-state index in [-0.39, 0.29) is 17.9 Å². The number of aliphatic carboxylic acids is 3. The number of hydrogen-bond donors (Lipinski definition) is 11. The van der Waals surface area contributed by atoms with Gasteiger partial charge in [-0.1, -0.05) is 27.7 Å². The third-order valence-corrected chi connectivity index (χ3v) is 7.19. The number of carbonyl (C=O) groups is 9. The van der Waals surface area contributed by atoms with Crippen molar-refractivity contribution in [1.29, 1.82) is 0 Å². The number of rotatable bonds is 21. The molecule has 0 saturated carbocycles.